The average molecular weight is 382 g/mol. The number of methoxy groups -OCH3 is 1. The van der Waals surface area contributed by atoms with Gasteiger partial charge in [-0.15, -0.1) is 0 Å². The highest BCUT2D eigenvalue weighted by Gasteiger charge is 2.26. The fraction of sp³-hybridized carbons (Fsp3) is 0.409. The molecule has 2 aliphatic rings. The molecular formula is C22H26N2O4. The fourth-order valence-corrected chi connectivity index (χ4v) is 3.83. The summed E-state index contributed by atoms with van der Waals surface area (Å²) in [4.78, 5) is 12.1. The van der Waals surface area contributed by atoms with Gasteiger partial charge in [-0.3, -0.25) is 0 Å². The van der Waals surface area contributed by atoms with E-state index in [1.807, 2.05) is 24.3 Å². The minimum Gasteiger partial charge on any atom is -0.497 e. The van der Waals surface area contributed by atoms with Gasteiger partial charge in [0.2, 0.25) is 0 Å². The number of amides is 2. The number of carbonyl (C=O) groups is 1. The second-order valence-corrected chi connectivity index (χ2v) is 7.05. The van der Waals surface area contributed by atoms with Crippen LogP contribution in [0.15, 0.2) is 30.3 Å². The lowest BCUT2D eigenvalue weighted by atomic mass is 9.97. The zero-order valence-corrected chi connectivity index (χ0v) is 16.2. The quantitative estimate of drug-likeness (QED) is 0.773. The molecule has 0 unspecified atom stereocenters. The van der Waals surface area contributed by atoms with Gasteiger partial charge in [0.15, 0.2) is 0 Å². The predicted octanol–water partition coefficient (Wildman–Crippen LogP) is 2.65. The molecule has 2 aromatic carbocycles. The molecule has 2 N–H and O–H groups in total. The van der Waals surface area contributed by atoms with E-state index in [9.17, 15) is 4.79 Å². The Bertz CT molecular complexity index is 816. The third-order valence-corrected chi connectivity index (χ3v) is 5.28. The maximum atomic E-state index is 12.1. The van der Waals surface area contributed by atoms with Crippen LogP contribution in [-0.2, 0) is 25.7 Å². The number of hydrogen-bond acceptors (Lipinski definition) is 4. The van der Waals surface area contributed by atoms with Gasteiger partial charge in [-0.25, -0.2) is 4.79 Å². The zero-order chi connectivity index (χ0) is 19.3. The van der Waals surface area contributed by atoms with Crippen LogP contribution in [0.25, 0.3) is 0 Å². The van der Waals surface area contributed by atoms with Gasteiger partial charge in [0.25, 0.3) is 0 Å². The third kappa shape index (κ3) is 4.01. The highest BCUT2D eigenvalue weighted by atomic mass is 16.5. The number of rotatable bonds is 7. The lowest BCUT2D eigenvalue weighted by Gasteiger charge is -2.13. The minimum atomic E-state index is -0.144. The highest BCUT2D eigenvalue weighted by molar-refractivity contribution is 5.73. The molecule has 0 saturated heterocycles. The van der Waals surface area contributed by atoms with Crippen molar-refractivity contribution in [3.8, 4) is 17.2 Å². The van der Waals surface area contributed by atoms with Gasteiger partial charge < -0.3 is 24.8 Å². The maximum Gasteiger partial charge on any atom is 0.314 e. The van der Waals surface area contributed by atoms with Crippen molar-refractivity contribution in [1.82, 2.24) is 10.6 Å². The zero-order valence-electron chi connectivity index (χ0n) is 16.2. The first-order chi connectivity index (χ1) is 13.7. The van der Waals surface area contributed by atoms with E-state index < -0.39 is 0 Å². The molecule has 0 spiro atoms. The van der Waals surface area contributed by atoms with E-state index in [-0.39, 0.29) is 6.03 Å². The van der Waals surface area contributed by atoms with Crippen molar-refractivity contribution < 1.29 is 19.0 Å². The van der Waals surface area contributed by atoms with Gasteiger partial charge in [-0.1, -0.05) is 12.1 Å². The molecule has 0 bridgehead atoms. The van der Waals surface area contributed by atoms with Gasteiger partial charge in [-0.2, -0.15) is 0 Å². The smallest absolute Gasteiger partial charge is 0.314 e. The summed E-state index contributed by atoms with van der Waals surface area (Å²) in [5.41, 5.74) is 4.82. The topological polar surface area (TPSA) is 68.8 Å². The normalized spacial score (nSPS) is 13.9. The van der Waals surface area contributed by atoms with Gasteiger partial charge in [-0.05, 0) is 36.6 Å². The molecule has 0 aliphatic carbocycles. The van der Waals surface area contributed by atoms with E-state index in [2.05, 4.69) is 16.7 Å². The average Bonchev–Trinajstić information content (AvgIpc) is 3.37. The van der Waals surface area contributed by atoms with E-state index in [0.29, 0.717) is 13.1 Å². The molecule has 0 fully saturated rings. The van der Waals surface area contributed by atoms with Gasteiger partial charge >= 0.3 is 6.03 Å². The summed E-state index contributed by atoms with van der Waals surface area (Å²) < 4.78 is 16.7. The largest absolute Gasteiger partial charge is 0.497 e. The third-order valence-electron chi connectivity index (χ3n) is 5.28. The summed E-state index contributed by atoms with van der Waals surface area (Å²) >= 11 is 0. The van der Waals surface area contributed by atoms with Crippen molar-refractivity contribution in [3.63, 3.8) is 0 Å². The van der Waals surface area contributed by atoms with Crippen LogP contribution in [0.5, 0.6) is 17.2 Å². The van der Waals surface area contributed by atoms with E-state index >= 15 is 0 Å². The Hall–Kier alpha value is -2.89. The van der Waals surface area contributed by atoms with Crippen molar-refractivity contribution in [3.05, 3.63) is 52.6 Å². The number of carbonyl (C=O) groups excluding carboxylic acids is 1. The Morgan fingerprint density at radius 2 is 1.79 bits per heavy atom. The van der Waals surface area contributed by atoms with Crippen molar-refractivity contribution in [2.45, 2.75) is 25.7 Å². The van der Waals surface area contributed by atoms with E-state index in [1.54, 1.807) is 7.11 Å². The monoisotopic (exact) mass is 382 g/mol. The van der Waals surface area contributed by atoms with E-state index in [0.717, 1.165) is 61.7 Å². The number of fused-ring (bicyclic) bond motifs is 2. The van der Waals surface area contributed by atoms with Crippen LogP contribution < -0.4 is 24.8 Å². The molecule has 2 heterocycles. The lowest BCUT2D eigenvalue weighted by Crippen LogP contribution is -2.37. The van der Waals surface area contributed by atoms with E-state index in [1.165, 1.54) is 16.7 Å². The summed E-state index contributed by atoms with van der Waals surface area (Å²) in [6, 6.07) is 9.85. The van der Waals surface area contributed by atoms with Gasteiger partial charge in [0.05, 0.1) is 20.3 Å². The van der Waals surface area contributed by atoms with Crippen molar-refractivity contribution >= 4 is 6.03 Å². The molecule has 28 heavy (non-hydrogen) atoms. The van der Waals surface area contributed by atoms with Crippen LogP contribution in [0.4, 0.5) is 4.79 Å². The first-order valence-electron chi connectivity index (χ1n) is 9.82. The molecule has 2 aliphatic heterocycles. The first-order valence-corrected chi connectivity index (χ1v) is 9.82. The fourth-order valence-electron chi connectivity index (χ4n) is 3.83. The van der Waals surface area contributed by atoms with Crippen LogP contribution in [0, 0.1) is 0 Å². The standard InChI is InChI=1S/C22H26N2O4/c1-26-17-4-2-15(3-5-17)6-10-23-22(25)24-11-7-19-18-9-13-27-20(18)14-16-8-12-28-21(16)19/h2-5,14H,6-13H2,1H3,(H2,23,24,25). The molecule has 4 rings (SSSR count). The number of hydrogen-bond donors (Lipinski definition) is 2. The molecule has 0 atom stereocenters. The highest BCUT2D eigenvalue weighted by Crippen LogP contribution is 2.40. The van der Waals surface area contributed by atoms with Crippen molar-refractivity contribution in [2.24, 2.45) is 0 Å². The molecule has 148 valence electrons. The van der Waals surface area contributed by atoms with Crippen LogP contribution in [0.2, 0.25) is 0 Å². The Morgan fingerprint density at radius 1 is 1.04 bits per heavy atom. The van der Waals surface area contributed by atoms with Crippen LogP contribution in [0.3, 0.4) is 0 Å². The molecular weight excluding hydrogens is 356 g/mol. The Balaban J connectivity index is 1.25. The number of nitrogens with one attached hydrogen (secondary N) is 2. The lowest BCUT2D eigenvalue weighted by molar-refractivity contribution is 0.241. The summed E-state index contributed by atoms with van der Waals surface area (Å²) in [7, 11) is 1.65. The van der Waals surface area contributed by atoms with Crippen molar-refractivity contribution in [2.75, 3.05) is 33.4 Å². The summed E-state index contributed by atoms with van der Waals surface area (Å²) in [5.74, 6) is 2.83. The summed E-state index contributed by atoms with van der Waals surface area (Å²) in [6.07, 6.45) is 3.37. The number of ether oxygens (including phenoxy) is 3. The summed E-state index contributed by atoms with van der Waals surface area (Å²) in [5, 5.41) is 5.87. The SMILES string of the molecule is COc1ccc(CCNC(=O)NCCc2c3c(cc4c2OCC4)OCC3)cc1. The van der Waals surface area contributed by atoms with Crippen LogP contribution in [0.1, 0.15) is 22.3 Å². The van der Waals surface area contributed by atoms with Crippen LogP contribution >= 0.6 is 0 Å². The van der Waals surface area contributed by atoms with Crippen molar-refractivity contribution in [1.29, 1.82) is 0 Å². The molecule has 2 aromatic rings. The molecule has 0 saturated carbocycles. The van der Waals surface area contributed by atoms with Gasteiger partial charge in [0.1, 0.15) is 17.2 Å². The first kappa shape index (κ1) is 18.5. The Morgan fingerprint density at radius 3 is 2.57 bits per heavy atom. The summed E-state index contributed by atoms with van der Waals surface area (Å²) in [6.45, 7) is 2.61. The maximum absolute atomic E-state index is 12.1. The molecule has 0 radical (unpaired) electrons. The number of benzene rings is 2. The molecule has 2 amide bonds. The molecule has 0 aromatic heterocycles. The number of urea groups is 1. The molecule has 6 heteroatoms. The van der Waals surface area contributed by atoms with Crippen LogP contribution in [-0.4, -0.2) is 39.4 Å². The minimum absolute atomic E-state index is 0.144. The predicted molar refractivity (Wildman–Crippen MR) is 107 cm³/mol. The second kappa shape index (κ2) is 8.42. The van der Waals surface area contributed by atoms with E-state index in [4.69, 9.17) is 14.2 Å². The second-order valence-electron chi connectivity index (χ2n) is 7.05. The Labute approximate surface area is 165 Å². The Kier molecular flexibility index (Phi) is 5.55. The van der Waals surface area contributed by atoms with Gasteiger partial charge in [0, 0.05) is 42.6 Å². The molecule has 6 nitrogen and oxygen atoms in total.